The van der Waals surface area contributed by atoms with Crippen LogP contribution in [0.4, 0.5) is 0 Å². The van der Waals surface area contributed by atoms with Crippen LogP contribution < -0.4 is 0 Å². The number of alkyl halides is 1. The molecule has 0 aromatic rings. The third-order valence-electron chi connectivity index (χ3n) is 0.810. The molecule has 0 aliphatic rings. The number of hydrogen-bond acceptors (Lipinski definition) is 4. The first-order valence-corrected chi connectivity index (χ1v) is 3.61. The van der Waals surface area contributed by atoms with Crippen LogP contribution in [0, 0.1) is 0 Å². The molecule has 0 saturated carbocycles. The molecule has 0 bridgehead atoms. The fourth-order valence-corrected chi connectivity index (χ4v) is 0.563. The Kier molecular flexibility index (Phi) is 5.56. The SMILES string of the molecule is CCOC(=O)CC(=O)OCCl. The molecule has 64 valence electrons. The maximum atomic E-state index is 10.6. The summed E-state index contributed by atoms with van der Waals surface area (Å²) >= 11 is 5.06. The number of carbonyl (C=O) groups is 2. The molecule has 4 nitrogen and oxygen atoms in total. The van der Waals surface area contributed by atoms with Gasteiger partial charge in [-0.05, 0) is 6.92 Å². The number of hydrogen-bond donors (Lipinski definition) is 0. The molecular formula is C6H9ClO4. The molecule has 0 amide bonds. The van der Waals surface area contributed by atoms with E-state index in [1.54, 1.807) is 6.92 Å². The molecule has 0 aromatic heterocycles. The fourth-order valence-electron chi connectivity index (χ4n) is 0.442. The van der Waals surface area contributed by atoms with Crippen molar-refractivity contribution in [3.63, 3.8) is 0 Å². The molecule has 0 aliphatic carbocycles. The molecule has 0 spiro atoms. The Morgan fingerprint density at radius 2 is 1.82 bits per heavy atom. The highest BCUT2D eigenvalue weighted by Gasteiger charge is 2.10. The van der Waals surface area contributed by atoms with Gasteiger partial charge in [-0.3, -0.25) is 9.59 Å². The molecule has 0 heterocycles. The van der Waals surface area contributed by atoms with E-state index in [4.69, 9.17) is 11.6 Å². The van der Waals surface area contributed by atoms with E-state index < -0.39 is 11.9 Å². The van der Waals surface area contributed by atoms with E-state index >= 15 is 0 Å². The van der Waals surface area contributed by atoms with Gasteiger partial charge < -0.3 is 9.47 Å². The third kappa shape index (κ3) is 5.66. The standard InChI is InChI=1S/C6H9ClO4/c1-2-10-5(8)3-6(9)11-4-7/h2-4H2,1H3. The lowest BCUT2D eigenvalue weighted by atomic mass is 10.4. The summed E-state index contributed by atoms with van der Waals surface area (Å²) in [6.45, 7) is 1.91. The van der Waals surface area contributed by atoms with Gasteiger partial charge >= 0.3 is 11.9 Å². The van der Waals surface area contributed by atoms with Crippen LogP contribution in [0.5, 0.6) is 0 Å². The van der Waals surface area contributed by atoms with Crippen LogP contribution in [0.15, 0.2) is 0 Å². The molecule has 0 saturated heterocycles. The van der Waals surface area contributed by atoms with Crippen molar-refractivity contribution in [1.29, 1.82) is 0 Å². The minimum Gasteiger partial charge on any atom is -0.466 e. The molecule has 11 heavy (non-hydrogen) atoms. The summed E-state index contributed by atoms with van der Waals surface area (Å²) in [6, 6.07) is -0.238. The predicted octanol–water partition coefficient (Wildman–Crippen LogP) is 0.679. The summed E-state index contributed by atoms with van der Waals surface area (Å²) in [4.78, 5) is 21.1. The molecule has 0 N–H and O–H groups in total. The lowest BCUT2D eigenvalue weighted by Gasteiger charge is -1.99. The lowest BCUT2D eigenvalue weighted by Crippen LogP contribution is -2.13. The Labute approximate surface area is 69.4 Å². The van der Waals surface area contributed by atoms with Crippen LogP contribution in [0.25, 0.3) is 0 Å². The van der Waals surface area contributed by atoms with Gasteiger partial charge in [0.25, 0.3) is 0 Å². The van der Waals surface area contributed by atoms with Crippen molar-refractivity contribution in [1.82, 2.24) is 0 Å². The van der Waals surface area contributed by atoms with Crippen molar-refractivity contribution >= 4 is 23.5 Å². The Balaban J connectivity index is 3.49. The molecule has 0 radical (unpaired) electrons. The molecule has 0 unspecified atom stereocenters. The monoisotopic (exact) mass is 180 g/mol. The Hall–Kier alpha value is -0.770. The van der Waals surface area contributed by atoms with Crippen LogP contribution in [0.3, 0.4) is 0 Å². The normalized spacial score (nSPS) is 8.91. The van der Waals surface area contributed by atoms with Crippen molar-refractivity contribution in [2.24, 2.45) is 0 Å². The topological polar surface area (TPSA) is 52.6 Å². The van der Waals surface area contributed by atoms with Gasteiger partial charge in [-0.2, -0.15) is 0 Å². The highest BCUT2D eigenvalue weighted by atomic mass is 35.5. The van der Waals surface area contributed by atoms with Crippen LogP contribution in [0.2, 0.25) is 0 Å². The minimum absolute atomic E-state index is 0.238. The Bertz CT molecular complexity index is 130. The minimum atomic E-state index is -0.668. The van der Waals surface area contributed by atoms with Crippen LogP contribution in [-0.2, 0) is 19.1 Å². The maximum absolute atomic E-state index is 10.6. The molecule has 0 atom stereocenters. The van der Waals surface area contributed by atoms with Gasteiger partial charge in [0, 0.05) is 0 Å². The van der Waals surface area contributed by atoms with Crippen LogP contribution >= 0.6 is 11.6 Å². The second-order valence-corrected chi connectivity index (χ2v) is 1.83. The number of ether oxygens (including phenoxy) is 2. The quantitative estimate of drug-likeness (QED) is 0.363. The van der Waals surface area contributed by atoms with E-state index in [1.165, 1.54) is 0 Å². The molecule has 0 rings (SSSR count). The zero-order valence-electron chi connectivity index (χ0n) is 6.13. The zero-order valence-corrected chi connectivity index (χ0v) is 6.89. The summed E-state index contributed by atoms with van der Waals surface area (Å²) in [5, 5.41) is 0. The van der Waals surface area contributed by atoms with E-state index in [-0.39, 0.29) is 19.1 Å². The number of rotatable bonds is 4. The highest BCUT2D eigenvalue weighted by molar-refractivity contribution is 6.17. The predicted molar refractivity (Wildman–Crippen MR) is 38.1 cm³/mol. The van der Waals surface area contributed by atoms with Gasteiger partial charge in [0.15, 0.2) is 6.07 Å². The maximum Gasteiger partial charge on any atom is 0.318 e. The van der Waals surface area contributed by atoms with Gasteiger partial charge in [-0.1, -0.05) is 11.6 Å². The van der Waals surface area contributed by atoms with Crippen molar-refractivity contribution in [3.8, 4) is 0 Å². The lowest BCUT2D eigenvalue weighted by molar-refractivity contribution is -0.153. The first-order chi connectivity index (χ1) is 5.20. The second-order valence-electron chi connectivity index (χ2n) is 1.61. The van der Waals surface area contributed by atoms with Crippen LogP contribution in [-0.4, -0.2) is 24.6 Å². The van der Waals surface area contributed by atoms with E-state index in [0.717, 1.165) is 0 Å². The summed E-state index contributed by atoms with van der Waals surface area (Å²) in [6.07, 6.45) is -0.374. The summed E-state index contributed by atoms with van der Waals surface area (Å²) in [7, 11) is 0. The van der Waals surface area contributed by atoms with Gasteiger partial charge in [0.2, 0.25) is 0 Å². The molecule has 0 aliphatic heterocycles. The third-order valence-corrected chi connectivity index (χ3v) is 0.919. The molecule has 0 aromatic carbocycles. The van der Waals surface area contributed by atoms with Crippen molar-refractivity contribution in [2.45, 2.75) is 13.3 Å². The summed E-state index contributed by atoms with van der Waals surface area (Å²) < 4.78 is 8.76. The first-order valence-electron chi connectivity index (χ1n) is 3.08. The summed E-state index contributed by atoms with van der Waals surface area (Å²) in [5.74, 6) is -1.26. The van der Waals surface area contributed by atoms with E-state index in [9.17, 15) is 9.59 Å². The van der Waals surface area contributed by atoms with E-state index in [2.05, 4.69) is 9.47 Å². The number of halogens is 1. The van der Waals surface area contributed by atoms with Crippen LogP contribution in [0.1, 0.15) is 13.3 Å². The van der Waals surface area contributed by atoms with Gasteiger partial charge in [-0.25, -0.2) is 0 Å². The average Bonchev–Trinajstić information content (AvgIpc) is 1.87. The van der Waals surface area contributed by atoms with Gasteiger partial charge in [0.1, 0.15) is 6.42 Å². The van der Waals surface area contributed by atoms with Crippen molar-refractivity contribution < 1.29 is 19.1 Å². The second kappa shape index (κ2) is 5.97. The number of carbonyl (C=O) groups excluding carboxylic acids is 2. The Morgan fingerprint density at radius 3 is 2.27 bits per heavy atom. The molecular weight excluding hydrogens is 172 g/mol. The van der Waals surface area contributed by atoms with Gasteiger partial charge in [-0.15, -0.1) is 0 Å². The van der Waals surface area contributed by atoms with Crippen molar-refractivity contribution in [3.05, 3.63) is 0 Å². The van der Waals surface area contributed by atoms with E-state index in [0.29, 0.717) is 0 Å². The number of esters is 2. The average molecular weight is 181 g/mol. The molecule has 5 heteroatoms. The smallest absolute Gasteiger partial charge is 0.318 e. The highest BCUT2D eigenvalue weighted by Crippen LogP contribution is 1.91. The zero-order chi connectivity index (χ0) is 8.69. The molecule has 0 fully saturated rings. The fraction of sp³-hybridized carbons (Fsp3) is 0.667. The Morgan fingerprint density at radius 1 is 1.27 bits per heavy atom. The summed E-state index contributed by atoms with van der Waals surface area (Å²) in [5.41, 5.74) is 0. The van der Waals surface area contributed by atoms with Gasteiger partial charge in [0.05, 0.1) is 6.61 Å². The van der Waals surface area contributed by atoms with E-state index in [1.807, 2.05) is 0 Å². The van der Waals surface area contributed by atoms with Crippen molar-refractivity contribution in [2.75, 3.05) is 12.7 Å². The first kappa shape index (κ1) is 10.2. The largest absolute Gasteiger partial charge is 0.466 e.